The first-order valence-electron chi connectivity index (χ1n) is 5.24. The molecule has 0 aromatic rings. The second-order valence-corrected chi connectivity index (χ2v) is 4.03. The lowest BCUT2D eigenvalue weighted by atomic mass is 10.2. The summed E-state index contributed by atoms with van der Waals surface area (Å²) in [5.41, 5.74) is 0. The highest BCUT2D eigenvalue weighted by Gasteiger charge is 2.44. The second kappa shape index (κ2) is 5.61. The predicted molar refractivity (Wildman–Crippen MR) is 55.1 cm³/mol. The zero-order valence-corrected chi connectivity index (χ0v) is 10.2. The zero-order chi connectivity index (χ0) is 13.8. The number of esters is 2. The molecule has 104 valence electrons. The zero-order valence-electron chi connectivity index (χ0n) is 10.2. The van der Waals surface area contributed by atoms with E-state index in [0.29, 0.717) is 0 Å². The van der Waals surface area contributed by atoms with Crippen LogP contribution < -0.4 is 0 Å². The molecule has 0 aromatic carbocycles. The maximum Gasteiger partial charge on any atom is 0.302 e. The summed E-state index contributed by atoms with van der Waals surface area (Å²) in [4.78, 5) is 21.2. The Balaban J connectivity index is 2.43. The average Bonchev–Trinajstić information content (AvgIpc) is 2.29. The molecule has 8 nitrogen and oxygen atoms in total. The summed E-state index contributed by atoms with van der Waals surface area (Å²) in [6.07, 6.45) is 0. The van der Waals surface area contributed by atoms with Crippen molar-refractivity contribution in [3.8, 4) is 0 Å². The fourth-order valence-corrected chi connectivity index (χ4v) is 1.17. The number of aliphatic hydroxyl groups is 2. The van der Waals surface area contributed by atoms with E-state index in [4.69, 9.17) is 9.47 Å². The third-order valence-electron chi connectivity index (χ3n) is 2.13. The Morgan fingerprint density at radius 1 is 1.00 bits per heavy atom. The molecule has 1 saturated heterocycles. The van der Waals surface area contributed by atoms with E-state index in [0.717, 1.165) is 0 Å². The first-order valence-corrected chi connectivity index (χ1v) is 5.24. The van der Waals surface area contributed by atoms with E-state index in [1.807, 2.05) is 0 Å². The molecule has 1 heterocycles. The van der Waals surface area contributed by atoms with E-state index in [-0.39, 0.29) is 0 Å². The van der Waals surface area contributed by atoms with E-state index in [1.165, 1.54) is 13.8 Å². The maximum atomic E-state index is 10.6. The van der Waals surface area contributed by atoms with Gasteiger partial charge in [0.2, 0.25) is 11.6 Å². The van der Waals surface area contributed by atoms with Gasteiger partial charge in [-0.3, -0.25) is 9.59 Å². The van der Waals surface area contributed by atoms with Gasteiger partial charge in [-0.05, 0) is 0 Å². The quantitative estimate of drug-likeness (QED) is 0.592. The monoisotopic (exact) mass is 264 g/mol. The highest BCUT2D eigenvalue weighted by molar-refractivity contribution is 5.66. The van der Waals surface area contributed by atoms with Crippen LogP contribution in [0.1, 0.15) is 13.8 Å². The molecular formula is C10H16O8. The molecule has 1 rings (SSSR count). The van der Waals surface area contributed by atoms with Crippen LogP contribution in [0.2, 0.25) is 0 Å². The fourth-order valence-electron chi connectivity index (χ4n) is 1.17. The van der Waals surface area contributed by atoms with Gasteiger partial charge in [-0.25, -0.2) is 0 Å². The van der Waals surface area contributed by atoms with E-state index in [9.17, 15) is 19.8 Å². The number of hydrogen-bond acceptors (Lipinski definition) is 8. The molecular weight excluding hydrogens is 248 g/mol. The fraction of sp³-hybridized carbons (Fsp3) is 0.800. The molecule has 0 aromatic heterocycles. The van der Waals surface area contributed by atoms with Crippen molar-refractivity contribution in [2.75, 3.05) is 26.4 Å². The van der Waals surface area contributed by atoms with E-state index in [1.54, 1.807) is 0 Å². The largest absolute Gasteiger partial charge is 0.460 e. The molecule has 0 aliphatic carbocycles. The Morgan fingerprint density at radius 2 is 1.33 bits per heavy atom. The van der Waals surface area contributed by atoms with Gasteiger partial charge in [0.25, 0.3) is 0 Å². The van der Waals surface area contributed by atoms with Crippen LogP contribution in [0.5, 0.6) is 0 Å². The molecule has 18 heavy (non-hydrogen) atoms. The third-order valence-corrected chi connectivity index (χ3v) is 2.13. The molecule has 1 fully saturated rings. The van der Waals surface area contributed by atoms with Gasteiger partial charge in [0.15, 0.2) is 0 Å². The molecule has 2 N–H and O–H groups in total. The van der Waals surface area contributed by atoms with Gasteiger partial charge >= 0.3 is 11.9 Å². The minimum absolute atomic E-state index is 0.411. The number of carbonyl (C=O) groups is 2. The summed E-state index contributed by atoms with van der Waals surface area (Å²) in [6.45, 7) is 0.711. The van der Waals surface area contributed by atoms with E-state index >= 15 is 0 Å². The minimum Gasteiger partial charge on any atom is -0.460 e. The summed E-state index contributed by atoms with van der Waals surface area (Å²) in [6, 6.07) is 0. The van der Waals surface area contributed by atoms with Crippen molar-refractivity contribution < 1.29 is 38.7 Å². The van der Waals surface area contributed by atoms with Gasteiger partial charge < -0.3 is 29.2 Å². The highest BCUT2D eigenvalue weighted by Crippen LogP contribution is 2.23. The Bertz CT molecular complexity index is 286. The number of rotatable bonds is 4. The molecule has 8 heteroatoms. The van der Waals surface area contributed by atoms with Crippen LogP contribution in [0, 0.1) is 0 Å². The van der Waals surface area contributed by atoms with Crippen molar-refractivity contribution in [3.05, 3.63) is 0 Å². The van der Waals surface area contributed by atoms with Crippen molar-refractivity contribution in [2.45, 2.75) is 25.4 Å². The molecule has 1 aliphatic heterocycles. The number of hydrogen-bond donors (Lipinski definition) is 2. The summed E-state index contributed by atoms with van der Waals surface area (Å²) in [5, 5.41) is 19.6. The van der Waals surface area contributed by atoms with Gasteiger partial charge in [0.05, 0.1) is 0 Å². The predicted octanol–water partition coefficient (Wildman–Crippen LogP) is -1.46. The van der Waals surface area contributed by atoms with Crippen LogP contribution in [0.25, 0.3) is 0 Å². The van der Waals surface area contributed by atoms with Crippen LogP contribution >= 0.6 is 0 Å². The van der Waals surface area contributed by atoms with Gasteiger partial charge in [0.1, 0.15) is 26.4 Å². The van der Waals surface area contributed by atoms with Gasteiger partial charge in [0, 0.05) is 13.8 Å². The normalized spacial score (nSPS) is 31.8. The Kier molecular flexibility index (Phi) is 4.63. The van der Waals surface area contributed by atoms with Crippen LogP contribution in [0.15, 0.2) is 0 Å². The van der Waals surface area contributed by atoms with Gasteiger partial charge in [-0.15, -0.1) is 0 Å². The van der Waals surface area contributed by atoms with Crippen molar-refractivity contribution in [2.24, 2.45) is 0 Å². The molecule has 2 unspecified atom stereocenters. The first-order chi connectivity index (χ1) is 8.25. The molecule has 0 spiro atoms. The average molecular weight is 264 g/mol. The highest BCUT2D eigenvalue weighted by atomic mass is 16.7. The second-order valence-electron chi connectivity index (χ2n) is 4.03. The van der Waals surface area contributed by atoms with Crippen LogP contribution in [-0.4, -0.2) is 60.2 Å². The maximum absolute atomic E-state index is 10.6. The lowest BCUT2D eigenvalue weighted by Crippen LogP contribution is -2.57. The van der Waals surface area contributed by atoms with Crippen molar-refractivity contribution in [1.82, 2.24) is 0 Å². The van der Waals surface area contributed by atoms with Crippen LogP contribution in [0.4, 0.5) is 0 Å². The topological polar surface area (TPSA) is 112 Å². The summed E-state index contributed by atoms with van der Waals surface area (Å²) >= 11 is 0. The van der Waals surface area contributed by atoms with Gasteiger partial charge in [-0.2, -0.15) is 0 Å². The molecule has 1 aliphatic rings. The third kappa shape index (κ3) is 4.57. The Morgan fingerprint density at radius 3 is 1.56 bits per heavy atom. The van der Waals surface area contributed by atoms with E-state index < -0.39 is 49.9 Å². The minimum atomic E-state index is -1.81. The lowest BCUT2D eigenvalue weighted by Gasteiger charge is -2.39. The lowest BCUT2D eigenvalue weighted by molar-refractivity contribution is -0.377. The molecule has 0 amide bonds. The summed E-state index contributed by atoms with van der Waals surface area (Å²) in [5.74, 6) is -4.78. The molecule has 2 atom stereocenters. The smallest absolute Gasteiger partial charge is 0.302 e. The SMILES string of the molecule is CC(=O)OCC1(O)COC(O)(COC(C)=O)CO1. The number of ether oxygens (including phenoxy) is 4. The van der Waals surface area contributed by atoms with Crippen LogP contribution in [0.3, 0.4) is 0 Å². The Labute approximate surface area is 103 Å². The summed E-state index contributed by atoms with van der Waals surface area (Å²) < 4.78 is 19.1. The number of carbonyl (C=O) groups excluding carboxylic acids is 2. The van der Waals surface area contributed by atoms with Gasteiger partial charge in [-0.1, -0.05) is 0 Å². The first kappa shape index (κ1) is 14.8. The Hall–Kier alpha value is -1.22. The standard InChI is InChI=1S/C10H16O8/c1-7(11)15-3-9(13)5-18-10(14,6-17-9)4-16-8(2)12/h13-14H,3-6H2,1-2H3. The molecule has 0 saturated carbocycles. The molecule has 0 bridgehead atoms. The van der Waals surface area contributed by atoms with Crippen molar-refractivity contribution in [1.29, 1.82) is 0 Å². The molecule has 0 radical (unpaired) electrons. The van der Waals surface area contributed by atoms with Crippen molar-refractivity contribution >= 4 is 11.9 Å². The van der Waals surface area contributed by atoms with E-state index in [2.05, 4.69) is 9.47 Å². The van der Waals surface area contributed by atoms with Crippen molar-refractivity contribution in [3.63, 3.8) is 0 Å². The van der Waals surface area contributed by atoms with Crippen LogP contribution in [-0.2, 0) is 28.5 Å². The summed E-state index contributed by atoms with van der Waals surface area (Å²) in [7, 11) is 0.